The van der Waals surface area contributed by atoms with Gasteiger partial charge in [-0.15, -0.1) is 12.4 Å². The predicted molar refractivity (Wildman–Crippen MR) is 43.0 cm³/mol. The van der Waals surface area contributed by atoms with Gasteiger partial charge in [-0.25, -0.2) is 0 Å². The van der Waals surface area contributed by atoms with E-state index in [0.717, 1.165) is 0 Å². The maximum atomic E-state index is 7.32. The Kier molecular flexibility index (Phi) is 67.4. The van der Waals surface area contributed by atoms with Gasteiger partial charge in [0, 0.05) is 6.92 Å². The van der Waals surface area contributed by atoms with Crippen molar-refractivity contribution in [3.63, 3.8) is 0 Å². The van der Waals surface area contributed by atoms with Gasteiger partial charge in [0.2, 0.25) is 0 Å². The van der Waals surface area contributed by atoms with Gasteiger partial charge in [-0.05, 0) is 11.6 Å². The van der Waals surface area contributed by atoms with Crippen LogP contribution in [-0.2, 0) is 0 Å². The molecule has 0 aliphatic heterocycles. The van der Waals surface area contributed by atoms with E-state index in [2.05, 4.69) is 17.3 Å². The highest BCUT2D eigenvalue weighted by molar-refractivity contribution is 6.63. The molecule has 0 heterocycles. The summed E-state index contributed by atoms with van der Waals surface area (Å²) in [5, 5.41) is 13.0. The van der Waals surface area contributed by atoms with Crippen LogP contribution in [-0.4, -0.2) is 5.29 Å². The lowest BCUT2D eigenvalue weighted by Crippen LogP contribution is -1.96. The molecule has 0 atom stereocenters. The van der Waals surface area contributed by atoms with E-state index in [0.29, 0.717) is 0 Å². The molecule has 5 heteroatoms. The summed E-state index contributed by atoms with van der Waals surface area (Å²) in [5.74, 6) is 0. The zero-order valence-electron chi connectivity index (χ0n) is 4.31. The number of hydrogen-bond donors (Lipinski definition) is 2. The van der Waals surface area contributed by atoms with Crippen molar-refractivity contribution in [3.05, 3.63) is 0 Å². The fraction of sp³-hybridized carbons (Fsp3) is 0.500. The number of nitrogens with zero attached hydrogens (tertiary/aromatic N) is 1. The molecule has 0 rings (SSSR count). The molecule has 9 heavy (non-hydrogen) atoms. The van der Waals surface area contributed by atoms with Crippen molar-refractivity contribution in [2.75, 3.05) is 0 Å². The highest BCUT2D eigenvalue weighted by atomic mass is 35.5. The van der Waals surface area contributed by atoms with Crippen molar-refractivity contribution in [2.45, 2.75) is 14.4 Å². The molecule has 0 aromatic carbocycles. The number of amidine groups is 1. The lowest BCUT2D eigenvalue weighted by molar-refractivity contribution is 1.49. The predicted octanol–water partition coefficient (Wildman–Crippen LogP) is 1.71. The SMILES string of the molecule is C.CC#N.Cl.N=C(N)Cl. The topological polar surface area (TPSA) is 73.7 Å². The van der Waals surface area contributed by atoms with Crippen LogP contribution in [0.5, 0.6) is 0 Å². The van der Waals surface area contributed by atoms with Crippen LogP contribution in [0.15, 0.2) is 0 Å². The number of nitriles is 1. The Morgan fingerprint density at radius 1 is 1.78 bits per heavy atom. The zero-order valence-corrected chi connectivity index (χ0v) is 5.88. The smallest absolute Gasteiger partial charge is 0.185 e. The van der Waals surface area contributed by atoms with Crippen molar-refractivity contribution in [1.82, 2.24) is 0 Å². The minimum absolute atomic E-state index is 0. The minimum atomic E-state index is -0.361. The monoisotopic (exact) mass is 171 g/mol. The van der Waals surface area contributed by atoms with Crippen LogP contribution in [0, 0.1) is 16.7 Å². The Morgan fingerprint density at radius 3 is 1.78 bits per heavy atom. The van der Waals surface area contributed by atoms with Crippen molar-refractivity contribution in [1.29, 1.82) is 10.7 Å². The van der Waals surface area contributed by atoms with Crippen LogP contribution in [0.2, 0.25) is 0 Å². The van der Waals surface area contributed by atoms with E-state index in [1.807, 2.05) is 0 Å². The zero-order chi connectivity index (χ0) is 6.28. The number of nitrogens with one attached hydrogen (secondary N) is 1. The highest BCUT2D eigenvalue weighted by Crippen LogP contribution is 1.57. The summed E-state index contributed by atoms with van der Waals surface area (Å²) in [6.07, 6.45) is 0. The lowest BCUT2D eigenvalue weighted by Gasteiger charge is -1.62. The van der Waals surface area contributed by atoms with Crippen molar-refractivity contribution < 1.29 is 0 Å². The molecular weight excluding hydrogens is 161 g/mol. The maximum absolute atomic E-state index is 7.32. The van der Waals surface area contributed by atoms with Crippen LogP contribution in [0.1, 0.15) is 14.4 Å². The van der Waals surface area contributed by atoms with Gasteiger partial charge >= 0.3 is 0 Å². The molecule has 0 spiro atoms. The molecule has 3 N–H and O–H groups in total. The van der Waals surface area contributed by atoms with Crippen LogP contribution >= 0.6 is 24.0 Å². The molecule has 0 saturated heterocycles. The fourth-order valence-corrected chi connectivity index (χ4v) is 0. The van der Waals surface area contributed by atoms with Crippen molar-refractivity contribution in [3.8, 4) is 6.07 Å². The number of nitrogens with two attached hydrogens (primary N) is 1. The quantitative estimate of drug-likeness (QED) is 0.331. The molecule has 0 bridgehead atoms. The van der Waals surface area contributed by atoms with Gasteiger partial charge in [0.15, 0.2) is 5.29 Å². The molecule has 0 aliphatic rings. The maximum Gasteiger partial charge on any atom is 0.185 e. The van der Waals surface area contributed by atoms with Crippen LogP contribution in [0.4, 0.5) is 0 Å². The fourth-order valence-electron chi connectivity index (χ4n) is 0. The minimum Gasteiger partial charge on any atom is -0.374 e. The van der Waals surface area contributed by atoms with E-state index in [1.54, 1.807) is 6.07 Å². The summed E-state index contributed by atoms with van der Waals surface area (Å²) in [6, 6.07) is 1.75. The number of hydrogen-bond acceptors (Lipinski definition) is 2. The first kappa shape index (κ1) is 23.6. The molecule has 0 aromatic heterocycles. The molecule has 0 fully saturated rings. The molecule has 0 aliphatic carbocycles. The Hall–Kier alpha value is -0.460. The first-order valence-corrected chi connectivity index (χ1v) is 1.83. The third kappa shape index (κ3) is 1090. The molecule has 56 valence electrons. The molecule has 0 unspecified atom stereocenters. The van der Waals surface area contributed by atoms with Crippen LogP contribution in [0.25, 0.3) is 0 Å². The first-order chi connectivity index (χ1) is 3.15. The summed E-state index contributed by atoms with van der Waals surface area (Å²) in [4.78, 5) is 0. The standard InChI is InChI=1S/C2H3N.CH3ClN2.CH4.ClH/c1-2-3;2-1(3)4;;/h1H3;(H3,3,4);1H4;1H. The Balaban J connectivity index is -0.0000000233. The second-order valence-electron chi connectivity index (χ2n) is 0.572. The van der Waals surface area contributed by atoms with Crippen molar-refractivity contribution >= 4 is 29.3 Å². The molecule has 0 amide bonds. The lowest BCUT2D eigenvalue weighted by atomic mass is 11.0. The second kappa shape index (κ2) is 25.7. The van der Waals surface area contributed by atoms with Crippen molar-refractivity contribution in [2.24, 2.45) is 5.73 Å². The van der Waals surface area contributed by atoms with E-state index in [1.165, 1.54) is 6.92 Å². The number of rotatable bonds is 0. The Labute approximate surface area is 66.7 Å². The normalized spacial score (nSPS) is 3.67. The van der Waals surface area contributed by atoms with E-state index >= 15 is 0 Å². The van der Waals surface area contributed by atoms with Gasteiger partial charge in [0.25, 0.3) is 0 Å². The van der Waals surface area contributed by atoms with Gasteiger partial charge in [-0.1, -0.05) is 7.43 Å². The van der Waals surface area contributed by atoms with Gasteiger partial charge in [0.1, 0.15) is 0 Å². The van der Waals surface area contributed by atoms with E-state index in [-0.39, 0.29) is 25.1 Å². The molecule has 3 nitrogen and oxygen atoms in total. The second-order valence-corrected chi connectivity index (χ2v) is 0.979. The average molecular weight is 172 g/mol. The van der Waals surface area contributed by atoms with Gasteiger partial charge in [-0.2, -0.15) is 5.26 Å². The summed E-state index contributed by atoms with van der Waals surface area (Å²) < 4.78 is 0. The molecule has 0 saturated carbocycles. The molecule has 0 radical (unpaired) electrons. The van der Waals surface area contributed by atoms with E-state index < -0.39 is 0 Å². The third-order valence-corrected chi connectivity index (χ3v) is 0. The molecular formula is C4H11Cl2N3. The first-order valence-electron chi connectivity index (χ1n) is 1.45. The van der Waals surface area contributed by atoms with Crippen LogP contribution in [0.3, 0.4) is 0 Å². The highest BCUT2D eigenvalue weighted by Gasteiger charge is 1.58. The van der Waals surface area contributed by atoms with E-state index in [4.69, 9.17) is 10.7 Å². The largest absolute Gasteiger partial charge is 0.374 e. The summed E-state index contributed by atoms with van der Waals surface area (Å²) in [5.41, 5.74) is 4.46. The summed E-state index contributed by atoms with van der Waals surface area (Å²) in [7, 11) is 0. The van der Waals surface area contributed by atoms with Gasteiger partial charge in [0.05, 0.1) is 6.07 Å². The third-order valence-electron chi connectivity index (χ3n) is 0. The van der Waals surface area contributed by atoms with Crippen LogP contribution < -0.4 is 5.73 Å². The van der Waals surface area contributed by atoms with Gasteiger partial charge < -0.3 is 5.73 Å². The van der Waals surface area contributed by atoms with E-state index in [9.17, 15) is 0 Å². The van der Waals surface area contributed by atoms with Gasteiger partial charge in [-0.3, -0.25) is 5.41 Å². The number of halogens is 2. The summed E-state index contributed by atoms with van der Waals surface area (Å²) >= 11 is 4.64. The Bertz CT molecular complexity index is 82.3. The summed E-state index contributed by atoms with van der Waals surface area (Å²) in [6.45, 7) is 1.43. The Morgan fingerprint density at radius 2 is 1.78 bits per heavy atom. The molecule has 0 aromatic rings. The average Bonchev–Trinajstić information content (AvgIpc) is 1.33.